The maximum atomic E-state index is 11.9. The van der Waals surface area contributed by atoms with Gasteiger partial charge in [0.05, 0.1) is 0 Å². The highest BCUT2D eigenvalue weighted by atomic mass is 79.9. The van der Waals surface area contributed by atoms with Crippen LogP contribution in [0.15, 0.2) is 53.0 Å². The number of hydrogen-bond acceptors (Lipinski definition) is 2. The number of carbonyl (C=O) groups is 1. The van der Waals surface area contributed by atoms with Gasteiger partial charge in [-0.15, -0.1) is 0 Å². The Morgan fingerprint density at radius 3 is 2.56 bits per heavy atom. The summed E-state index contributed by atoms with van der Waals surface area (Å²) in [7, 11) is 0. The zero-order valence-electron chi connectivity index (χ0n) is 9.48. The third-order valence-corrected chi connectivity index (χ3v) is 3.48. The second kappa shape index (κ2) is 4.46. The minimum absolute atomic E-state index is 0.0147. The largest absolute Gasteiger partial charge is 0.370 e. The first-order valence-corrected chi connectivity index (χ1v) is 6.45. The molecule has 1 amide bonds. The number of benzene rings is 2. The number of amides is 1. The lowest BCUT2D eigenvalue weighted by atomic mass is 10.1. The van der Waals surface area contributed by atoms with E-state index in [1.807, 2.05) is 48.5 Å². The number of hydrogen-bond donors (Lipinski definition) is 2. The van der Waals surface area contributed by atoms with E-state index in [1.165, 1.54) is 0 Å². The second-order valence-corrected chi connectivity index (χ2v) is 5.08. The van der Waals surface area contributed by atoms with Crippen molar-refractivity contribution < 1.29 is 4.79 Å². The summed E-state index contributed by atoms with van der Waals surface area (Å²) in [5, 5.41) is 6.11. The van der Waals surface area contributed by atoms with Crippen LogP contribution in [-0.4, -0.2) is 5.91 Å². The fraction of sp³-hybridized carbons (Fsp3) is 0.0714. The molecule has 0 bridgehead atoms. The summed E-state index contributed by atoms with van der Waals surface area (Å²) in [6.45, 7) is 0. The Balaban J connectivity index is 1.89. The molecule has 1 atom stereocenters. The van der Waals surface area contributed by atoms with Crippen molar-refractivity contribution in [3.8, 4) is 0 Å². The molecule has 0 aliphatic carbocycles. The van der Waals surface area contributed by atoms with E-state index in [1.54, 1.807) is 0 Å². The average Bonchev–Trinajstić information content (AvgIpc) is 2.69. The molecule has 1 aliphatic rings. The number of para-hydroxylation sites is 1. The number of carbonyl (C=O) groups excluding carboxylic acids is 1. The van der Waals surface area contributed by atoms with Crippen LogP contribution in [0.5, 0.6) is 0 Å². The van der Waals surface area contributed by atoms with E-state index < -0.39 is 0 Å². The molecular formula is C14H11BrN2O. The molecule has 0 fully saturated rings. The lowest BCUT2D eigenvalue weighted by Gasteiger charge is -2.12. The van der Waals surface area contributed by atoms with Crippen LogP contribution in [0, 0.1) is 0 Å². The lowest BCUT2D eigenvalue weighted by Crippen LogP contribution is -2.19. The fourth-order valence-electron chi connectivity index (χ4n) is 2.06. The highest BCUT2D eigenvalue weighted by molar-refractivity contribution is 9.10. The summed E-state index contributed by atoms with van der Waals surface area (Å²) < 4.78 is 1.02. The number of halogens is 1. The van der Waals surface area contributed by atoms with Crippen molar-refractivity contribution in [2.75, 3.05) is 10.6 Å². The quantitative estimate of drug-likeness (QED) is 0.890. The van der Waals surface area contributed by atoms with Gasteiger partial charge in [-0.1, -0.05) is 34.1 Å². The Bertz CT molecular complexity index is 595. The van der Waals surface area contributed by atoms with Gasteiger partial charge in [-0.2, -0.15) is 0 Å². The summed E-state index contributed by atoms with van der Waals surface area (Å²) >= 11 is 3.39. The first-order valence-electron chi connectivity index (χ1n) is 5.66. The highest BCUT2D eigenvalue weighted by Crippen LogP contribution is 2.32. The van der Waals surface area contributed by atoms with Gasteiger partial charge >= 0.3 is 0 Å². The van der Waals surface area contributed by atoms with E-state index in [-0.39, 0.29) is 11.9 Å². The van der Waals surface area contributed by atoms with Crippen LogP contribution in [0.25, 0.3) is 0 Å². The molecule has 1 heterocycles. The van der Waals surface area contributed by atoms with Gasteiger partial charge in [0.1, 0.15) is 6.04 Å². The monoisotopic (exact) mass is 302 g/mol. The van der Waals surface area contributed by atoms with Gasteiger partial charge in [0, 0.05) is 21.4 Å². The number of fused-ring (bicyclic) bond motifs is 1. The van der Waals surface area contributed by atoms with Crippen LogP contribution < -0.4 is 10.6 Å². The van der Waals surface area contributed by atoms with Crippen LogP contribution in [0.3, 0.4) is 0 Å². The van der Waals surface area contributed by atoms with Crippen LogP contribution >= 0.6 is 15.9 Å². The van der Waals surface area contributed by atoms with E-state index in [0.29, 0.717) is 0 Å². The van der Waals surface area contributed by atoms with Crippen molar-refractivity contribution in [3.63, 3.8) is 0 Å². The molecule has 1 unspecified atom stereocenters. The van der Waals surface area contributed by atoms with Crippen molar-refractivity contribution in [1.29, 1.82) is 0 Å². The second-order valence-electron chi connectivity index (χ2n) is 4.16. The molecule has 0 aromatic heterocycles. The highest BCUT2D eigenvalue weighted by Gasteiger charge is 2.29. The van der Waals surface area contributed by atoms with Crippen molar-refractivity contribution in [3.05, 3.63) is 58.6 Å². The van der Waals surface area contributed by atoms with E-state index in [4.69, 9.17) is 0 Å². The Hall–Kier alpha value is -1.81. The van der Waals surface area contributed by atoms with Gasteiger partial charge < -0.3 is 10.6 Å². The molecular weight excluding hydrogens is 292 g/mol. The van der Waals surface area contributed by atoms with E-state index in [2.05, 4.69) is 26.6 Å². The normalized spacial score (nSPS) is 17.2. The minimum Gasteiger partial charge on any atom is -0.370 e. The number of nitrogens with one attached hydrogen (secondary N) is 2. The standard InChI is InChI=1S/C14H11BrN2O/c15-9-5-7-10(8-6-9)16-13-11-3-1-2-4-12(11)17-14(13)18/h1-8,13,16H,(H,17,18). The maximum Gasteiger partial charge on any atom is 0.251 e. The van der Waals surface area contributed by atoms with E-state index >= 15 is 0 Å². The molecule has 90 valence electrons. The van der Waals surface area contributed by atoms with Gasteiger partial charge in [0.25, 0.3) is 5.91 Å². The smallest absolute Gasteiger partial charge is 0.251 e. The SMILES string of the molecule is O=C1Nc2ccccc2C1Nc1ccc(Br)cc1. The molecule has 3 nitrogen and oxygen atoms in total. The fourth-order valence-corrected chi connectivity index (χ4v) is 2.33. The van der Waals surface area contributed by atoms with Gasteiger partial charge in [-0.05, 0) is 30.3 Å². The van der Waals surface area contributed by atoms with Gasteiger partial charge in [0.15, 0.2) is 0 Å². The number of rotatable bonds is 2. The summed E-state index contributed by atoms with van der Waals surface area (Å²) in [5.41, 5.74) is 2.80. The van der Waals surface area contributed by atoms with Crippen LogP contribution in [0.4, 0.5) is 11.4 Å². The summed E-state index contributed by atoms with van der Waals surface area (Å²) in [6.07, 6.45) is 0. The molecule has 4 heteroatoms. The van der Waals surface area contributed by atoms with Crippen molar-refractivity contribution in [1.82, 2.24) is 0 Å². The summed E-state index contributed by atoms with van der Waals surface area (Å²) in [4.78, 5) is 11.9. The van der Waals surface area contributed by atoms with Gasteiger partial charge in [-0.3, -0.25) is 4.79 Å². The molecule has 0 radical (unpaired) electrons. The molecule has 2 aromatic rings. The first kappa shape index (κ1) is 11.3. The molecule has 0 spiro atoms. The van der Waals surface area contributed by atoms with E-state index in [9.17, 15) is 4.79 Å². The Labute approximate surface area is 113 Å². The minimum atomic E-state index is -0.317. The zero-order valence-corrected chi connectivity index (χ0v) is 11.1. The molecule has 0 saturated heterocycles. The summed E-state index contributed by atoms with van der Waals surface area (Å²) in [5.74, 6) is -0.0147. The molecule has 1 aliphatic heterocycles. The first-order chi connectivity index (χ1) is 8.74. The molecule has 2 aromatic carbocycles. The average molecular weight is 303 g/mol. The third kappa shape index (κ3) is 1.99. The number of anilines is 2. The van der Waals surface area contributed by atoms with Crippen LogP contribution in [0.2, 0.25) is 0 Å². The topological polar surface area (TPSA) is 41.1 Å². The maximum absolute atomic E-state index is 11.9. The Morgan fingerprint density at radius 2 is 1.78 bits per heavy atom. The Kier molecular flexibility index (Phi) is 2.80. The predicted molar refractivity (Wildman–Crippen MR) is 75.6 cm³/mol. The zero-order chi connectivity index (χ0) is 12.5. The molecule has 3 rings (SSSR count). The van der Waals surface area contributed by atoms with Crippen LogP contribution in [-0.2, 0) is 4.79 Å². The van der Waals surface area contributed by atoms with Crippen molar-refractivity contribution >= 4 is 33.2 Å². The van der Waals surface area contributed by atoms with Crippen molar-refractivity contribution in [2.45, 2.75) is 6.04 Å². The lowest BCUT2D eigenvalue weighted by molar-refractivity contribution is -0.116. The predicted octanol–water partition coefficient (Wildman–Crippen LogP) is 3.55. The van der Waals surface area contributed by atoms with E-state index in [0.717, 1.165) is 21.4 Å². The Morgan fingerprint density at radius 1 is 1.06 bits per heavy atom. The molecule has 0 saturated carbocycles. The molecule has 18 heavy (non-hydrogen) atoms. The van der Waals surface area contributed by atoms with Crippen molar-refractivity contribution in [2.24, 2.45) is 0 Å². The van der Waals surface area contributed by atoms with Crippen LogP contribution in [0.1, 0.15) is 11.6 Å². The third-order valence-electron chi connectivity index (χ3n) is 2.95. The molecule has 2 N–H and O–H groups in total. The van der Waals surface area contributed by atoms with Gasteiger partial charge in [0.2, 0.25) is 0 Å². The summed E-state index contributed by atoms with van der Waals surface area (Å²) in [6, 6.07) is 15.2. The van der Waals surface area contributed by atoms with Gasteiger partial charge in [-0.25, -0.2) is 0 Å².